The van der Waals surface area contributed by atoms with Crippen molar-refractivity contribution in [3.8, 4) is 16.9 Å². The highest BCUT2D eigenvalue weighted by Crippen LogP contribution is 2.38. The van der Waals surface area contributed by atoms with Crippen molar-refractivity contribution < 1.29 is 23.8 Å². The van der Waals surface area contributed by atoms with Crippen LogP contribution in [0.25, 0.3) is 16.0 Å². The molecule has 31 heavy (non-hydrogen) atoms. The van der Waals surface area contributed by atoms with E-state index in [-0.39, 0.29) is 35.1 Å². The number of phenolic OH excluding ortho intramolecular Hbond substituents is 1. The molecule has 0 aliphatic rings. The van der Waals surface area contributed by atoms with Gasteiger partial charge in [0.25, 0.3) is 5.91 Å². The fraction of sp³-hybridized carbons (Fsp3) is 0.273. The largest absolute Gasteiger partial charge is 0.507 e. The maximum Gasteiger partial charge on any atom is 0.414 e. The van der Waals surface area contributed by atoms with E-state index in [1.165, 1.54) is 12.1 Å². The van der Waals surface area contributed by atoms with Crippen molar-refractivity contribution in [1.29, 1.82) is 0 Å². The van der Waals surface area contributed by atoms with Gasteiger partial charge in [0.05, 0.1) is 18.7 Å². The molecule has 0 spiro atoms. The Bertz CT molecular complexity index is 1020. The van der Waals surface area contributed by atoms with Crippen molar-refractivity contribution in [3.05, 3.63) is 59.4 Å². The van der Waals surface area contributed by atoms with Gasteiger partial charge in [0.15, 0.2) is 5.69 Å². The minimum absolute atomic E-state index is 0.150. The van der Waals surface area contributed by atoms with Crippen LogP contribution < -0.4 is 10.6 Å². The number of benzene rings is 2. The van der Waals surface area contributed by atoms with Gasteiger partial charge in [-0.15, -0.1) is 0 Å². The summed E-state index contributed by atoms with van der Waals surface area (Å²) in [5.41, 5.74) is -0.0793. The summed E-state index contributed by atoms with van der Waals surface area (Å²) in [6, 6.07) is 11.2. The van der Waals surface area contributed by atoms with Crippen LogP contribution in [0.4, 0.5) is 14.9 Å². The number of alkyl halides is 1. The topological polar surface area (TPSA) is 104 Å². The number of carbonyl (C=O) groups excluding carboxylic acids is 2. The van der Waals surface area contributed by atoms with E-state index >= 15 is 0 Å². The standard InChI is InChI=1S/C22H23FN4O4/c1-22(2,3)31-21(30)27-20(25-13-12-23)26-19(29)18-16(28)11-10-15(24-4)17(18)14-8-6-5-7-9-14/h5-11,28H,12-13H2,1-3H3,(H2,25,26,27,29,30). The monoisotopic (exact) mass is 426 g/mol. The van der Waals surface area contributed by atoms with Crippen molar-refractivity contribution in [2.45, 2.75) is 26.4 Å². The molecule has 0 radical (unpaired) electrons. The Hall–Kier alpha value is -3.93. The van der Waals surface area contributed by atoms with Gasteiger partial charge in [0.2, 0.25) is 5.96 Å². The minimum Gasteiger partial charge on any atom is -0.507 e. The summed E-state index contributed by atoms with van der Waals surface area (Å²) in [5.74, 6) is -1.55. The highest BCUT2D eigenvalue weighted by atomic mass is 19.1. The molecule has 0 bridgehead atoms. The number of guanidine groups is 1. The molecule has 0 heterocycles. The number of aliphatic imine (C=N–C) groups is 1. The number of ether oxygens (including phenoxy) is 1. The Morgan fingerprint density at radius 2 is 1.84 bits per heavy atom. The summed E-state index contributed by atoms with van der Waals surface area (Å²) in [6.45, 7) is 11.3. The molecule has 8 nitrogen and oxygen atoms in total. The van der Waals surface area contributed by atoms with Gasteiger partial charge in [-0.05, 0) is 32.4 Å². The molecular formula is C22H23FN4O4. The van der Waals surface area contributed by atoms with Crippen LogP contribution in [0.5, 0.6) is 5.75 Å². The van der Waals surface area contributed by atoms with E-state index in [0.29, 0.717) is 5.56 Å². The second-order valence-electron chi connectivity index (χ2n) is 7.33. The van der Waals surface area contributed by atoms with Gasteiger partial charge in [-0.2, -0.15) is 0 Å². The number of halogens is 1. The lowest BCUT2D eigenvalue weighted by molar-refractivity contribution is 0.0561. The number of alkyl carbamates (subject to hydrolysis) is 1. The summed E-state index contributed by atoms with van der Waals surface area (Å²) in [4.78, 5) is 32.3. The Kier molecular flexibility index (Phi) is 7.69. The molecule has 0 atom stereocenters. The minimum atomic E-state index is -0.896. The number of nitrogens with zero attached hydrogens (tertiary/aromatic N) is 2. The molecule has 0 aliphatic heterocycles. The summed E-state index contributed by atoms with van der Waals surface area (Å²) in [5, 5.41) is 15.0. The Labute approximate surface area is 179 Å². The van der Waals surface area contributed by atoms with Crippen LogP contribution in [0.1, 0.15) is 31.1 Å². The van der Waals surface area contributed by atoms with Crippen LogP contribution in [-0.4, -0.2) is 41.9 Å². The second-order valence-corrected chi connectivity index (χ2v) is 7.33. The van der Waals surface area contributed by atoms with Gasteiger partial charge in [0.1, 0.15) is 18.0 Å². The third kappa shape index (κ3) is 6.54. The maximum atomic E-state index is 13.0. The van der Waals surface area contributed by atoms with Gasteiger partial charge < -0.3 is 9.84 Å². The van der Waals surface area contributed by atoms with Crippen LogP contribution in [0.15, 0.2) is 47.5 Å². The first-order valence-corrected chi connectivity index (χ1v) is 9.37. The summed E-state index contributed by atoms with van der Waals surface area (Å²) >= 11 is 0. The Morgan fingerprint density at radius 1 is 1.16 bits per heavy atom. The number of nitrogens with one attached hydrogen (secondary N) is 2. The first-order valence-electron chi connectivity index (χ1n) is 9.37. The molecule has 2 rings (SSSR count). The van der Waals surface area contributed by atoms with Gasteiger partial charge in [0, 0.05) is 5.56 Å². The molecule has 0 aliphatic carbocycles. The highest BCUT2D eigenvalue weighted by molar-refractivity contribution is 6.14. The van der Waals surface area contributed by atoms with Crippen LogP contribution in [0.2, 0.25) is 0 Å². The van der Waals surface area contributed by atoms with E-state index in [0.717, 1.165) is 0 Å². The molecule has 2 aromatic rings. The van der Waals surface area contributed by atoms with Gasteiger partial charge >= 0.3 is 6.09 Å². The number of phenols is 1. The molecule has 0 saturated carbocycles. The number of rotatable bonds is 4. The van der Waals surface area contributed by atoms with Crippen molar-refractivity contribution in [2.75, 3.05) is 13.2 Å². The lowest BCUT2D eigenvalue weighted by Crippen LogP contribution is -2.46. The first kappa shape index (κ1) is 23.3. The normalized spacial score (nSPS) is 11.4. The van der Waals surface area contributed by atoms with E-state index in [1.807, 2.05) is 0 Å². The van der Waals surface area contributed by atoms with Crippen LogP contribution in [-0.2, 0) is 4.74 Å². The molecule has 0 unspecified atom stereocenters. The molecule has 162 valence electrons. The Morgan fingerprint density at radius 3 is 2.42 bits per heavy atom. The molecule has 2 amide bonds. The Balaban J connectivity index is 2.42. The molecular weight excluding hydrogens is 403 g/mol. The van der Waals surface area contributed by atoms with E-state index in [4.69, 9.17) is 11.3 Å². The lowest BCUT2D eigenvalue weighted by atomic mass is 9.96. The van der Waals surface area contributed by atoms with E-state index in [2.05, 4.69) is 20.5 Å². The fourth-order valence-electron chi connectivity index (χ4n) is 2.64. The molecule has 0 saturated heterocycles. The van der Waals surface area contributed by atoms with Crippen molar-refractivity contribution in [3.63, 3.8) is 0 Å². The fourth-order valence-corrected chi connectivity index (χ4v) is 2.64. The summed E-state index contributed by atoms with van der Waals surface area (Å²) in [7, 11) is 0. The molecule has 0 aromatic heterocycles. The summed E-state index contributed by atoms with van der Waals surface area (Å²) in [6.07, 6.45) is -0.896. The smallest absolute Gasteiger partial charge is 0.414 e. The summed E-state index contributed by atoms with van der Waals surface area (Å²) < 4.78 is 17.8. The SMILES string of the molecule is [C-]#[N+]c1ccc(O)c(C(=O)NC(=NCCF)NC(=O)OC(C)(C)C)c1-c1ccccc1. The predicted molar refractivity (Wildman–Crippen MR) is 115 cm³/mol. The first-order chi connectivity index (χ1) is 14.7. The van der Waals surface area contributed by atoms with Gasteiger partial charge in [-0.3, -0.25) is 15.4 Å². The number of amides is 2. The molecule has 2 aromatic carbocycles. The van der Waals surface area contributed by atoms with Crippen molar-refractivity contribution in [1.82, 2.24) is 10.6 Å². The van der Waals surface area contributed by atoms with E-state index in [1.54, 1.807) is 51.1 Å². The average Bonchev–Trinajstić information content (AvgIpc) is 2.70. The van der Waals surface area contributed by atoms with Crippen LogP contribution in [0, 0.1) is 6.57 Å². The zero-order chi connectivity index (χ0) is 23.0. The number of carbonyl (C=O) groups is 2. The maximum absolute atomic E-state index is 13.0. The van der Waals surface area contributed by atoms with Crippen LogP contribution >= 0.6 is 0 Å². The third-order valence-corrected chi connectivity index (χ3v) is 3.78. The molecule has 0 fully saturated rings. The number of hydrogen-bond acceptors (Lipinski definition) is 5. The van der Waals surface area contributed by atoms with E-state index in [9.17, 15) is 19.1 Å². The molecule has 3 N–H and O–H groups in total. The molecule has 9 heteroatoms. The zero-order valence-electron chi connectivity index (χ0n) is 17.4. The van der Waals surface area contributed by atoms with Crippen LogP contribution in [0.3, 0.4) is 0 Å². The quantitative estimate of drug-likeness (QED) is 0.387. The van der Waals surface area contributed by atoms with E-state index < -0.39 is 24.3 Å². The van der Waals surface area contributed by atoms with Gasteiger partial charge in [-0.1, -0.05) is 36.4 Å². The average molecular weight is 426 g/mol. The second kappa shape index (κ2) is 10.2. The number of hydrogen-bond donors (Lipinski definition) is 3. The lowest BCUT2D eigenvalue weighted by Gasteiger charge is -2.20. The van der Waals surface area contributed by atoms with Crippen molar-refractivity contribution in [2.24, 2.45) is 4.99 Å². The zero-order valence-corrected chi connectivity index (χ0v) is 17.4. The third-order valence-electron chi connectivity index (χ3n) is 3.78. The van der Waals surface area contributed by atoms with Gasteiger partial charge in [-0.25, -0.2) is 19.0 Å². The van der Waals surface area contributed by atoms with Crippen molar-refractivity contribution >= 4 is 23.6 Å². The predicted octanol–water partition coefficient (Wildman–Crippen LogP) is 4.19. The highest BCUT2D eigenvalue weighted by Gasteiger charge is 2.24. The number of aromatic hydroxyl groups is 1.